The minimum Gasteiger partial charge on any atom is -0.462 e. The molecule has 0 spiro atoms. The summed E-state index contributed by atoms with van der Waals surface area (Å²) in [7, 11) is 0. The Hall–Kier alpha value is -4.74. The van der Waals surface area contributed by atoms with Crippen LogP contribution >= 0.6 is 0 Å². The number of hydrogen-bond acceptors (Lipinski definition) is 5. The molecule has 0 bridgehead atoms. The molecular weight excluding hydrogens is 789 g/mol. The van der Waals surface area contributed by atoms with Crippen molar-refractivity contribution in [3.8, 4) is 0 Å². The summed E-state index contributed by atoms with van der Waals surface area (Å²) >= 11 is 0. The van der Waals surface area contributed by atoms with Gasteiger partial charge in [0, 0.05) is 19.4 Å². The summed E-state index contributed by atoms with van der Waals surface area (Å²) in [5.74, 6) is -0.591. The van der Waals surface area contributed by atoms with Crippen molar-refractivity contribution in [2.45, 2.75) is 168 Å². The van der Waals surface area contributed by atoms with Gasteiger partial charge in [-0.2, -0.15) is 0 Å². The molecule has 0 amide bonds. The molecule has 0 rings (SSSR count). The van der Waals surface area contributed by atoms with Crippen LogP contribution in [0.4, 0.5) is 0 Å². The number of carbonyl (C=O) groups is 2. The van der Waals surface area contributed by atoms with Crippen LogP contribution in [0.25, 0.3) is 0 Å². The molecule has 0 heterocycles. The molecule has 0 aromatic heterocycles. The van der Waals surface area contributed by atoms with Crippen LogP contribution in [0.2, 0.25) is 0 Å². The summed E-state index contributed by atoms with van der Waals surface area (Å²) in [5.41, 5.74) is 0. The monoisotopic (exact) mass is 877 g/mol. The summed E-state index contributed by atoms with van der Waals surface area (Å²) in [5, 5.41) is 0. The van der Waals surface area contributed by atoms with Crippen molar-refractivity contribution in [1.82, 2.24) is 0 Å². The quantitative estimate of drug-likeness (QED) is 0.0347. The molecule has 1 atom stereocenters. The van der Waals surface area contributed by atoms with E-state index in [-0.39, 0.29) is 31.6 Å². The highest BCUT2D eigenvalue weighted by Gasteiger charge is 2.17. The van der Waals surface area contributed by atoms with E-state index in [0.29, 0.717) is 19.4 Å². The van der Waals surface area contributed by atoms with Gasteiger partial charge in [0.2, 0.25) is 0 Å². The van der Waals surface area contributed by atoms with Crippen molar-refractivity contribution < 1.29 is 23.8 Å². The molecule has 0 aliphatic carbocycles. The number of hydrogen-bond donors (Lipinski definition) is 0. The fourth-order valence-corrected chi connectivity index (χ4v) is 5.70. The van der Waals surface area contributed by atoms with Gasteiger partial charge in [-0.25, -0.2) is 0 Å². The van der Waals surface area contributed by atoms with Crippen LogP contribution in [-0.4, -0.2) is 37.9 Å². The van der Waals surface area contributed by atoms with Gasteiger partial charge in [-0.05, 0) is 128 Å². The maximum Gasteiger partial charge on any atom is 0.306 e. The highest BCUT2D eigenvalue weighted by atomic mass is 16.6. The maximum atomic E-state index is 12.7. The molecule has 0 aromatic rings. The fourth-order valence-electron chi connectivity index (χ4n) is 5.70. The molecule has 0 aliphatic heterocycles. The Bertz CT molecular complexity index is 1500. The van der Waals surface area contributed by atoms with Gasteiger partial charge in [0.15, 0.2) is 6.10 Å². The van der Waals surface area contributed by atoms with E-state index in [1.807, 2.05) is 6.08 Å². The number of ether oxygens (including phenoxy) is 3. The summed E-state index contributed by atoms with van der Waals surface area (Å²) < 4.78 is 17.2. The van der Waals surface area contributed by atoms with E-state index < -0.39 is 6.10 Å². The van der Waals surface area contributed by atoms with Crippen LogP contribution in [-0.2, 0) is 23.8 Å². The lowest BCUT2D eigenvalue weighted by molar-refractivity contribution is -0.162. The largest absolute Gasteiger partial charge is 0.462 e. The molecule has 0 aromatic carbocycles. The van der Waals surface area contributed by atoms with Crippen molar-refractivity contribution in [2.75, 3.05) is 19.8 Å². The molecule has 64 heavy (non-hydrogen) atoms. The second-order valence-electron chi connectivity index (χ2n) is 15.2. The Morgan fingerprint density at radius 2 is 0.672 bits per heavy atom. The highest BCUT2D eigenvalue weighted by Crippen LogP contribution is 2.08. The summed E-state index contributed by atoms with van der Waals surface area (Å²) in [6.45, 7) is 7.17. The molecular formula is C59H88O5. The van der Waals surface area contributed by atoms with Gasteiger partial charge in [0.05, 0.1) is 6.61 Å². The second-order valence-corrected chi connectivity index (χ2v) is 15.2. The van der Waals surface area contributed by atoms with Crippen molar-refractivity contribution in [3.63, 3.8) is 0 Å². The van der Waals surface area contributed by atoms with Gasteiger partial charge in [-0.3, -0.25) is 9.59 Å². The lowest BCUT2D eigenvalue weighted by Crippen LogP contribution is -2.30. The number of rotatable bonds is 42. The first-order valence-electron chi connectivity index (χ1n) is 24.7. The average molecular weight is 877 g/mol. The second kappa shape index (κ2) is 52.6. The van der Waals surface area contributed by atoms with Gasteiger partial charge >= 0.3 is 11.9 Å². The summed E-state index contributed by atoms with van der Waals surface area (Å²) in [6, 6.07) is 0. The van der Waals surface area contributed by atoms with Crippen LogP contribution in [0, 0.1) is 0 Å². The molecule has 0 N–H and O–H groups in total. The zero-order valence-electron chi connectivity index (χ0n) is 40.5. The number of unbranched alkanes of at least 4 members (excludes halogenated alkanes) is 3. The van der Waals surface area contributed by atoms with Gasteiger partial charge in [-0.15, -0.1) is 0 Å². The van der Waals surface area contributed by atoms with Crippen LogP contribution in [0.3, 0.4) is 0 Å². The number of allylic oxidation sites excluding steroid dienone is 28. The molecule has 1 unspecified atom stereocenters. The predicted molar refractivity (Wildman–Crippen MR) is 278 cm³/mol. The first-order chi connectivity index (χ1) is 31.6. The number of carbonyl (C=O) groups excluding carboxylic acids is 2. The third-order valence-electron chi connectivity index (χ3n) is 9.24. The molecule has 5 nitrogen and oxygen atoms in total. The van der Waals surface area contributed by atoms with E-state index in [4.69, 9.17) is 14.2 Å². The molecule has 0 saturated heterocycles. The lowest BCUT2D eigenvalue weighted by atomic mass is 10.2. The summed E-state index contributed by atoms with van der Waals surface area (Å²) in [4.78, 5) is 25.3. The molecule has 0 fully saturated rings. The standard InChI is InChI=1S/C59H88O5/c1-4-7-10-13-16-19-22-25-27-28-29-30-31-33-36-39-42-45-48-51-54-62-55-57(64-59(61)53-50-47-44-41-38-34-24-21-18-15-12-9-6-3)56-63-58(60)52-49-46-43-40-37-35-32-26-23-20-17-14-11-8-5-2/h7-12,16-21,25-27,29-30,32-34,36-38,40,42,44-45,47,57H,4-6,13-15,22-24,28,31,35,39,41,43,46,48-56H2,1-3H3/b10-7-,11-8-,12-9-,19-16-,20-17-,21-18-,27-25-,30-29-,32-26-,36-33-,38-34-,40-37-,45-42-,47-44-. The third-order valence-corrected chi connectivity index (χ3v) is 9.24. The normalized spacial score (nSPS) is 13.7. The fraction of sp³-hybridized carbons (Fsp3) is 0.492. The molecule has 354 valence electrons. The first kappa shape index (κ1) is 59.3. The third kappa shape index (κ3) is 49.9. The Labute approximate surface area is 392 Å². The van der Waals surface area contributed by atoms with E-state index in [2.05, 4.69) is 185 Å². The van der Waals surface area contributed by atoms with E-state index >= 15 is 0 Å². The molecule has 5 heteroatoms. The zero-order valence-corrected chi connectivity index (χ0v) is 40.5. The SMILES string of the molecule is CC/C=C\C/C=C\C/C=C\C/C=C\C/C=C\C/C=C\CCCOCC(COC(=O)CCCC/C=C\C/C=C\C/C=C\C/C=C\CC)OC(=O)CC/C=C\C/C=C\C/C=C\C/C=C\CC. The van der Waals surface area contributed by atoms with Crippen molar-refractivity contribution >= 4 is 11.9 Å². The topological polar surface area (TPSA) is 61.8 Å². The van der Waals surface area contributed by atoms with Gasteiger partial charge in [0.1, 0.15) is 6.61 Å². The Kier molecular flexibility index (Phi) is 48.7. The van der Waals surface area contributed by atoms with Crippen LogP contribution in [0.5, 0.6) is 0 Å². The Morgan fingerprint density at radius 1 is 0.344 bits per heavy atom. The van der Waals surface area contributed by atoms with E-state index in [9.17, 15) is 9.59 Å². The van der Waals surface area contributed by atoms with E-state index in [0.717, 1.165) is 122 Å². The average Bonchev–Trinajstić information content (AvgIpc) is 3.30. The Morgan fingerprint density at radius 3 is 1.05 bits per heavy atom. The first-order valence-corrected chi connectivity index (χ1v) is 24.7. The van der Waals surface area contributed by atoms with Crippen LogP contribution in [0.1, 0.15) is 162 Å². The van der Waals surface area contributed by atoms with Crippen molar-refractivity contribution in [3.05, 3.63) is 170 Å². The molecule has 0 saturated carbocycles. The number of esters is 2. The minimum atomic E-state index is -0.635. The summed E-state index contributed by atoms with van der Waals surface area (Å²) in [6.07, 6.45) is 79.6. The maximum absolute atomic E-state index is 12.7. The lowest BCUT2D eigenvalue weighted by Gasteiger charge is -2.18. The predicted octanol–water partition coefficient (Wildman–Crippen LogP) is 16.9. The van der Waals surface area contributed by atoms with Crippen LogP contribution in [0.15, 0.2) is 170 Å². The molecule has 0 radical (unpaired) electrons. The van der Waals surface area contributed by atoms with Crippen molar-refractivity contribution in [2.24, 2.45) is 0 Å². The smallest absolute Gasteiger partial charge is 0.306 e. The zero-order chi connectivity index (χ0) is 46.3. The van der Waals surface area contributed by atoms with E-state index in [1.54, 1.807) is 0 Å². The Balaban J connectivity index is 4.56. The minimum absolute atomic E-state index is 0.00143. The van der Waals surface area contributed by atoms with Gasteiger partial charge in [-0.1, -0.05) is 191 Å². The molecule has 0 aliphatic rings. The van der Waals surface area contributed by atoms with Crippen LogP contribution < -0.4 is 0 Å². The van der Waals surface area contributed by atoms with Crippen molar-refractivity contribution in [1.29, 1.82) is 0 Å². The van der Waals surface area contributed by atoms with Gasteiger partial charge in [0.25, 0.3) is 0 Å². The van der Waals surface area contributed by atoms with Gasteiger partial charge < -0.3 is 14.2 Å². The van der Waals surface area contributed by atoms with E-state index in [1.165, 1.54) is 0 Å². The highest BCUT2D eigenvalue weighted by molar-refractivity contribution is 5.70.